The van der Waals surface area contributed by atoms with E-state index in [9.17, 15) is 5.11 Å². The van der Waals surface area contributed by atoms with Crippen LogP contribution in [-0.2, 0) is 4.74 Å². The quantitative estimate of drug-likeness (QED) is 0.737. The lowest BCUT2D eigenvalue weighted by Gasteiger charge is -2.40. The first-order chi connectivity index (χ1) is 7.12. The Labute approximate surface area is 97.8 Å². The Morgan fingerprint density at radius 3 is 2.47 bits per heavy atom. The second-order valence-electron chi connectivity index (χ2n) is 4.66. The summed E-state index contributed by atoms with van der Waals surface area (Å²) in [7, 11) is 0. The summed E-state index contributed by atoms with van der Waals surface area (Å²) in [5.41, 5.74) is -0.806. The molecule has 0 spiro atoms. The average molecular weight is 232 g/mol. The van der Waals surface area contributed by atoms with Gasteiger partial charge >= 0.3 is 0 Å². The molecule has 2 nitrogen and oxygen atoms in total. The van der Waals surface area contributed by atoms with E-state index in [0.717, 1.165) is 6.42 Å². The first kappa shape index (κ1) is 13.3. The zero-order valence-electron chi connectivity index (χ0n) is 10.2. The first-order valence-corrected chi connectivity index (χ1v) is 7.30. The lowest BCUT2D eigenvalue weighted by Crippen LogP contribution is -2.40. The largest absolute Gasteiger partial charge is 0.360 e. The molecule has 0 aliphatic heterocycles. The topological polar surface area (TPSA) is 29.5 Å². The van der Waals surface area contributed by atoms with Crippen LogP contribution in [0.2, 0.25) is 0 Å². The van der Waals surface area contributed by atoms with Crippen LogP contribution in [0.1, 0.15) is 52.4 Å². The van der Waals surface area contributed by atoms with Crippen molar-refractivity contribution >= 4 is 11.8 Å². The van der Waals surface area contributed by atoms with E-state index in [1.807, 2.05) is 6.26 Å². The van der Waals surface area contributed by atoms with Gasteiger partial charge in [0.1, 0.15) is 0 Å². The molecular weight excluding hydrogens is 208 g/mol. The molecular formula is C12H24O2S. The van der Waals surface area contributed by atoms with Crippen LogP contribution in [0.4, 0.5) is 0 Å². The van der Waals surface area contributed by atoms with Crippen LogP contribution in [0.5, 0.6) is 0 Å². The summed E-state index contributed by atoms with van der Waals surface area (Å²) in [5.74, 6) is 0.623. The monoisotopic (exact) mass is 232 g/mol. The van der Waals surface area contributed by atoms with Gasteiger partial charge in [-0.15, -0.1) is 11.8 Å². The first-order valence-electron chi connectivity index (χ1n) is 6.01. The van der Waals surface area contributed by atoms with Crippen molar-refractivity contribution < 1.29 is 9.84 Å². The van der Waals surface area contributed by atoms with Crippen molar-refractivity contribution in [3.63, 3.8) is 0 Å². The Balaban J connectivity index is 2.56. The summed E-state index contributed by atoms with van der Waals surface area (Å²) in [6, 6.07) is 0. The van der Waals surface area contributed by atoms with Crippen LogP contribution in [0.3, 0.4) is 0 Å². The van der Waals surface area contributed by atoms with E-state index in [0.29, 0.717) is 5.92 Å². The molecule has 0 saturated heterocycles. The summed E-state index contributed by atoms with van der Waals surface area (Å²) in [4.78, 5) is 0. The Morgan fingerprint density at radius 1 is 1.40 bits per heavy atom. The predicted octanol–water partition coefficient (Wildman–Crippen LogP) is 3.39. The van der Waals surface area contributed by atoms with Crippen LogP contribution in [-0.4, -0.2) is 22.6 Å². The van der Waals surface area contributed by atoms with Gasteiger partial charge in [-0.25, -0.2) is 0 Å². The van der Waals surface area contributed by atoms with Crippen LogP contribution in [0, 0.1) is 5.92 Å². The highest BCUT2D eigenvalue weighted by atomic mass is 32.2. The van der Waals surface area contributed by atoms with Gasteiger partial charge in [-0.3, -0.25) is 0 Å². The Hall–Kier alpha value is 0.270. The van der Waals surface area contributed by atoms with Crippen molar-refractivity contribution in [3.05, 3.63) is 0 Å². The molecule has 1 rings (SSSR count). The molecule has 0 aromatic heterocycles. The highest BCUT2D eigenvalue weighted by Crippen LogP contribution is 2.38. The van der Waals surface area contributed by atoms with Crippen molar-refractivity contribution in [2.75, 3.05) is 6.26 Å². The molecule has 1 fully saturated rings. The molecule has 90 valence electrons. The maximum absolute atomic E-state index is 9.60. The fraction of sp³-hybridized carbons (Fsp3) is 1.00. The molecule has 0 radical (unpaired) electrons. The number of hydrogen-bond acceptors (Lipinski definition) is 3. The molecule has 0 aromatic rings. The minimum atomic E-state index is -0.670. The Bertz CT molecular complexity index is 180. The van der Waals surface area contributed by atoms with E-state index in [4.69, 9.17) is 4.74 Å². The van der Waals surface area contributed by atoms with Crippen LogP contribution >= 0.6 is 11.8 Å². The number of aliphatic hydroxyl groups excluding tert-OH is 1. The predicted molar refractivity (Wildman–Crippen MR) is 65.9 cm³/mol. The number of aliphatic hydroxyl groups is 1. The minimum absolute atomic E-state index is 0.136. The molecule has 1 saturated carbocycles. The van der Waals surface area contributed by atoms with Crippen molar-refractivity contribution in [2.24, 2.45) is 5.92 Å². The second kappa shape index (κ2) is 6.12. The van der Waals surface area contributed by atoms with Gasteiger partial charge in [0.2, 0.25) is 5.62 Å². The van der Waals surface area contributed by atoms with Crippen molar-refractivity contribution in [1.29, 1.82) is 0 Å². The minimum Gasteiger partial charge on any atom is -0.360 e. The highest BCUT2D eigenvalue weighted by Gasteiger charge is 2.35. The van der Waals surface area contributed by atoms with Gasteiger partial charge in [0, 0.05) is 0 Å². The van der Waals surface area contributed by atoms with Gasteiger partial charge in [0.25, 0.3) is 0 Å². The summed E-state index contributed by atoms with van der Waals surface area (Å²) in [5, 5.41) is 9.60. The zero-order valence-corrected chi connectivity index (χ0v) is 11.0. The molecule has 2 unspecified atom stereocenters. The zero-order chi connectivity index (χ0) is 11.3. The standard InChI is InChI=1S/C12H24O2S/c1-4-12(2,14-11(13)15-3)10-8-6-5-7-9-10/h10-11,13H,4-9H2,1-3H3. The lowest BCUT2D eigenvalue weighted by atomic mass is 9.76. The molecule has 1 aliphatic carbocycles. The molecule has 0 heterocycles. The number of hydrogen-bond donors (Lipinski definition) is 1. The van der Waals surface area contributed by atoms with E-state index in [2.05, 4.69) is 13.8 Å². The summed E-state index contributed by atoms with van der Waals surface area (Å²) < 4.78 is 5.79. The normalized spacial score (nSPS) is 24.8. The van der Waals surface area contributed by atoms with Gasteiger partial charge in [-0.05, 0) is 38.4 Å². The number of thioether (sulfide) groups is 1. The summed E-state index contributed by atoms with van der Waals surface area (Å²) >= 11 is 1.36. The molecule has 1 aliphatic rings. The van der Waals surface area contributed by atoms with Crippen molar-refractivity contribution in [3.8, 4) is 0 Å². The van der Waals surface area contributed by atoms with Crippen molar-refractivity contribution in [2.45, 2.75) is 63.6 Å². The maximum Gasteiger partial charge on any atom is 0.204 e. The molecule has 0 bridgehead atoms. The SMILES string of the molecule is CCC(C)(OC(O)SC)C1CCCCC1. The van der Waals surface area contributed by atoms with Gasteiger partial charge in [0.15, 0.2) is 0 Å². The van der Waals surface area contributed by atoms with E-state index < -0.39 is 5.62 Å². The van der Waals surface area contributed by atoms with Gasteiger partial charge in [-0.1, -0.05) is 26.2 Å². The Morgan fingerprint density at radius 2 is 2.00 bits per heavy atom. The van der Waals surface area contributed by atoms with E-state index in [1.165, 1.54) is 43.9 Å². The van der Waals surface area contributed by atoms with E-state index in [-0.39, 0.29) is 5.60 Å². The highest BCUT2D eigenvalue weighted by molar-refractivity contribution is 7.98. The lowest BCUT2D eigenvalue weighted by molar-refractivity contribution is -0.162. The van der Waals surface area contributed by atoms with Gasteiger partial charge in [-0.2, -0.15) is 0 Å². The molecule has 0 amide bonds. The van der Waals surface area contributed by atoms with Gasteiger partial charge < -0.3 is 9.84 Å². The van der Waals surface area contributed by atoms with Crippen LogP contribution in [0.15, 0.2) is 0 Å². The number of rotatable bonds is 5. The van der Waals surface area contributed by atoms with E-state index in [1.54, 1.807) is 0 Å². The van der Waals surface area contributed by atoms with E-state index >= 15 is 0 Å². The molecule has 1 N–H and O–H groups in total. The maximum atomic E-state index is 9.60. The molecule has 0 aromatic carbocycles. The molecule has 3 heteroatoms. The number of ether oxygens (including phenoxy) is 1. The van der Waals surface area contributed by atoms with Crippen molar-refractivity contribution in [1.82, 2.24) is 0 Å². The fourth-order valence-electron chi connectivity index (χ4n) is 2.46. The molecule has 15 heavy (non-hydrogen) atoms. The van der Waals surface area contributed by atoms with Crippen LogP contribution in [0.25, 0.3) is 0 Å². The summed E-state index contributed by atoms with van der Waals surface area (Å²) in [6.07, 6.45) is 9.37. The second-order valence-corrected chi connectivity index (χ2v) is 5.54. The average Bonchev–Trinajstić information content (AvgIpc) is 2.30. The van der Waals surface area contributed by atoms with Crippen LogP contribution < -0.4 is 0 Å². The molecule has 2 atom stereocenters. The third kappa shape index (κ3) is 3.65. The van der Waals surface area contributed by atoms with Gasteiger partial charge in [0.05, 0.1) is 5.60 Å². The smallest absolute Gasteiger partial charge is 0.204 e. The third-order valence-electron chi connectivity index (χ3n) is 3.74. The third-order valence-corrected chi connectivity index (χ3v) is 4.24. The summed E-state index contributed by atoms with van der Waals surface area (Å²) in [6.45, 7) is 4.31. The fourth-order valence-corrected chi connectivity index (χ4v) is 2.78. The Kier molecular flexibility index (Phi) is 5.44.